The van der Waals surface area contributed by atoms with Crippen molar-refractivity contribution in [3.8, 4) is 0 Å². The van der Waals surface area contributed by atoms with E-state index in [1.807, 2.05) is 36.4 Å². The second kappa shape index (κ2) is 7.27. The van der Waals surface area contributed by atoms with Gasteiger partial charge in [-0.15, -0.1) is 11.3 Å². The van der Waals surface area contributed by atoms with Crippen molar-refractivity contribution >= 4 is 33.3 Å². The number of hydrogen-bond acceptors (Lipinski definition) is 5. The van der Waals surface area contributed by atoms with Gasteiger partial charge in [-0.3, -0.25) is 4.79 Å². The van der Waals surface area contributed by atoms with Crippen LogP contribution in [0.3, 0.4) is 0 Å². The van der Waals surface area contributed by atoms with Gasteiger partial charge in [0.15, 0.2) is 6.29 Å². The van der Waals surface area contributed by atoms with Crippen molar-refractivity contribution in [1.29, 1.82) is 0 Å². The molecule has 121 valence electrons. The summed E-state index contributed by atoms with van der Waals surface area (Å²) >= 11 is 1.51. The molecule has 0 spiro atoms. The molecule has 4 nitrogen and oxygen atoms in total. The third-order valence-corrected chi connectivity index (χ3v) is 5.70. The molecule has 1 aromatic heterocycles. The van der Waals surface area contributed by atoms with E-state index in [4.69, 9.17) is 0 Å². The molecule has 1 atom stereocenters. The van der Waals surface area contributed by atoms with E-state index < -0.39 is 10.7 Å². The zero-order valence-electron chi connectivity index (χ0n) is 12.6. The first kappa shape index (κ1) is 16.2. The van der Waals surface area contributed by atoms with E-state index in [9.17, 15) is 13.2 Å². The number of carbonyl (C=O) groups excluding carboxylic acids is 1. The maximum atomic E-state index is 10.9. The Hall–Kier alpha value is -1.66. The molecule has 1 radical (unpaired) electrons. The highest BCUT2D eigenvalue weighted by molar-refractivity contribution is 7.71. The Balaban J connectivity index is 1.84. The smallest absolute Gasteiger partial charge is 0.160 e. The Kier molecular flexibility index (Phi) is 5.13. The lowest BCUT2D eigenvalue weighted by molar-refractivity contribution is 0.112. The van der Waals surface area contributed by atoms with E-state index >= 15 is 0 Å². The normalized spacial score (nSPS) is 18.3. The highest BCUT2D eigenvalue weighted by Crippen LogP contribution is 2.37. The van der Waals surface area contributed by atoms with Gasteiger partial charge in [-0.05, 0) is 42.5 Å². The Morgan fingerprint density at radius 2 is 1.96 bits per heavy atom. The molecule has 23 heavy (non-hydrogen) atoms. The molecule has 1 unspecified atom stereocenters. The fourth-order valence-corrected chi connectivity index (χ4v) is 4.33. The van der Waals surface area contributed by atoms with Gasteiger partial charge in [0.1, 0.15) is 10.7 Å². The zero-order valence-corrected chi connectivity index (χ0v) is 14.3. The predicted octanol–water partition coefficient (Wildman–Crippen LogP) is 3.22. The number of hydrogen-bond donors (Lipinski definition) is 1. The Morgan fingerprint density at radius 1 is 1.17 bits per heavy atom. The van der Waals surface area contributed by atoms with E-state index in [0.29, 0.717) is 0 Å². The van der Waals surface area contributed by atoms with Crippen LogP contribution in [0.2, 0.25) is 0 Å². The maximum absolute atomic E-state index is 10.9. The van der Waals surface area contributed by atoms with Crippen LogP contribution in [0.1, 0.15) is 39.7 Å². The third kappa shape index (κ3) is 3.82. The molecule has 0 aliphatic carbocycles. The Morgan fingerprint density at radius 3 is 2.61 bits per heavy atom. The fraction of sp³-hybridized carbons (Fsp3) is 0.294. The van der Waals surface area contributed by atoms with Gasteiger partial charge in [0.2, 0.25) is 0 Å². The topological polar surface area (TPSA) is 54.5 Å². The lowest BCUT2D eigenvalue weighted by Crippen LogP contribution is -2.32. The summed E-state index contributed by atoms with van der Waals surface area (Å²) in [6.45, 7) is 0.928. The largest absolute Gasteiger partial charge is 0.356 e. The first-order chi connectivity index (χ1) is 11.2. The molecule has 6 heteroatoms. The van der Waals surface area contributed by atoms with Crippen molar-refractivity contribution in [1.82, 2.24) is 0 Å². The number of piperidine rings is 1. The van der Waals surface area contributed by atoms with Gasteiger partial charge < -0.3 is 4.90 Å². The monoisotopic (exact) mass is 348 g/mol. The van der Waals surface area contributed by atoms with Crippen molar-refractivity contribution in [2.45, 2.75) is 24.6 Å². The second-order valence-corrected chi connectivity index (χ2v) is 7.62. The van der Waals surface area contributed by atoms with Crippen LogP contribution in [-0.4, -0.2) is 21.2 Å². The lowest BCUT2D eigenvalue weighted by atomic mass is 9.95. The van der Waals surface area contributed by atoms with E-state index in [2.05, 4.69) is 11.3 Å². The molecule has 2 aromatic rings. The highest BCUT2D eigenvalue weighted by atomic mass is 32.2. The molecular formula is C17H18NO3S2. The highest BCUT2D eigenvalue weighted by Gasteiger charge is 2.25. The molecule has 1 aromatic carbocycles. The average molecular weight is 348 g/mol. The lowest BCUT2D eigenvalue weighted by Gasteiger charge is -2.36. The van der Waals surface area contributed by atoms with Crippen molar-refractivity contribution in [2.24, 2.45) is 0 Å². The van der Waals surface area contributed by atoms with Crippen LogP contribution in [0.25, 0.3) is 0 Å². The summed E-state index contributed by atoms with van der Waals surface area (Å²) in [5, 5.41) is 1.11. The molecule has 0 bridgehead atoms. The summed E-state index contributed by atoms with van der Waals surface area (Å²) in [5.74, 6) is 0.0870. The molecule has 0 amide bonds. The Bertz CT molecular complexity index is 741. The Labute approximate surface area is 141 Å². The quantitative estimate of drug-likeness (QED) is 0.666. The maximum Gasteiger partial charge on any atom is 0.160 e. The van der Waals surface area contributed by atoms with Crippen molar-refractivity contribution < 1.29 is 13.2 Å². The van der Waals surface area contributed by atoms with Gasteiger partial charge in [-0.25, -0.2) is 8.42 Å². The van der Waals surface area contributed by atoms with Crippen LogP contribution < -0.4 is 4.90 Å². The number of anilines is 1. The van der Waals surface area contributed by atoms with Gasteiger partial charge in [0.25, 0.3) is 0 Å². The van der Waals surface area contributed by atoms with E-state index in [-0.39, 0.29) is 11.8 Å². The van der Waals surface area contributed by atoms with E-state index in [0.717, 1.165) is 41.1 Å². The molecule has 3 rings (SSSR count). The first-order valence-electron chi connectivity index (χ1n) is 7.51. The van der Waals surface area contributed by atoms with Crippen molar-refractivity contribution in [3.63, 3.8) is 0 Å². The number of nitrogens with zero attached hydrogens (tertiary/aromatic N) is 1. The summed E-state index contributed by atoms with van der Waals surface area (Å²) in [7, 11) is -2.39. The first-order valence-corrected chi connectivity index (χ1v) is 9.69. The van der Waals surface area contributed by atoms with Gasteiger partial charge in [-0.2, -0.15) is 0 Å². The van der Waals surface area contributed by atoms with Crippen LogP contribution in [0.4, 0.5) is 5.00 Å². The number of benzene rings is 1. The third-order valence-electron chi connectivity index (χ3n) is 4.03. The van der Waals surface area contributed by atoms with Gasteiger partial charge in [-0.1, -0.05) is 24.3 Å². The fourth-order valence-electron chi connectivity index (χ4n) is 2.92. The molecule has 1 fully saturated rings. The summed E-state index contributed by atoms with van der Waals surface area (Å²) in [6, 6.07) is 11.9. The van der Waals surface area contributed by atoms with Crippen LogP contribution in [0, 0.1) is 6.42 Å². The standard InChI is InChI=1S/C17H18NO3S2/c19-11-15-8-9-17(22-15)18-10-2-1-3-16(18)14-6-4-13(5-7-14)12-23(20)21/h1,4-9,11,16,23H,2-3,10,12H2. The van der Waals surface area contributed by atoms with Gasteiger partial charge in [0, 0.05) is 6.54 Å². The molecular weight excluding hydrogens is 330 g/mol. The SMILES string of the molecule is O=Cc1ccc(N2CC[CH]CC2c2ccc(C[SH](=O)=O)cc2)s1. The zero-order chi connectivity index (χ0) is 16.2. The number of carbonyl (C=O) groups is 1. The van der Waals surface area contributed by atoms with Crippen LogP contribution in [-0.2, 0) is 16.5 Å². The number of thiophene rings is 1. The molecule has 0 N–H and O–H groups in total. The molecule has 1 aliphatic rings. The minimum Gasteiger partial charge on any atom is -0.356 e. The number of rotatable bonds is 5. The molecule has 0 saturated carbocycles. The average Bonchev–Trinajstić information content (AvgIpc) is 3.04. The van der Waals surface area contributed by atoms with Crippen molar-refractivity contribution in [3.05, 3.63) is 58.8 Å². The summed E-state index contributed by atoms with van der Waals surface area (Å²) in [5.41, 5.74) is 1.99. The minimum absolute atomic E-state index is 0.0870. The van der Waals surface area contributed by atoms with Crippen molar-refractivity contribution in [2.75, 3.05) is 11.4 Å². The van der Waals surface area contributed by atoms with E-state index in [1.165, 1.54) is 16.9 Å². The number of aldehydes is 1. The summed E-state index contributed by atoms with van der Waals surface area (Å²) < 4.78 is 21.6. The minimum atomic E-state index is -2.39. The van der Waals surface area contributed by atoms with Crippen LogP contribution in [0.5, 0.6) is 0 Å². The summed E-state index contributed by atoms with van der Waals surface area (Å²) in [6.07, 6.45) is 5.15. The summed E-state index contributed by atoms with van der Waals surface area (Å²) in [4.78, 5) is 14.0. The predicted molar refractivity (Wildman–Crippen MR) is 93.8 cm³/mol. The van der Waals surface area contributed by atoms with Crippen LogP contribution >= 0.6 is 11.3 Å². The van der Waals surface area contributed by atoms with E-state index in [1.54, 1.807) is 0 Å². The second-order valence-electron chi connectivity index (χ2n) is 5.55. The van der Waals surface area contributed by atoms with Crippen LogP contribution in [0.15, 0.2) is 36.4 Å². The molecule has 2 heterocycles. The van der Waals surface area contributed by atoms with Gasteiger partial charge >= 0.3 is 0 Å². The molecule has 1 saturated heterocycles. The molecule has 1 aliphatic heterocycles. The number of thiol groups is 1. The van der Waals surface area contributed by atoms with Gasteiger partial charge in [0.05, 0.1) is 21.7 Å².